The van der Waals surface area contributed by atoms with Gasteiger partial charge >= 0.3 is 5.63 Å². The Morgan fingerprint density at radius 1 is 1.21 bits per heavy atom. The lowest BCUT2D eigenvalue weighted by molar-refractivity contribution is 0.0475. The van der Waals surface area contributed by atoms with Crippen molar-refractivity contribution in [2.75, 3.05) is 13.2 Å². The maximum absolute atomic E-state index is 11.5. The largest absolute Gasteiger partial charge is 0.493 e. The highest BCUT2D eigenvalue weighted by Gasteiger charge is 2.40. The third-order valence-corrected chi connectivity index (χ3v) is 3.88. The van der Waals surface area contributed by atoms with E-state index >= 15 is 0 Å². The number of hydrogen-bond acceptors (Lipinski definition) is 5. The first-order valence-corrected chi connectivity index (χ1v) is 8.23. The zero-order chi connectivity index (χ0) is 16.9. The molecule has 0 aliphatic carbocycles. The van der Waals surface area contributed by atoms with Crippen LogP contribution in [0.2, 0.25) is 0 Å². The summed E-state index contributed by atoms with van der Waals surface area (Å²) < 4.78 is 21.8. The smallest absolute Gasteiger partial charge is 0.339 e. The molecule has 1 saturated heterocycles. The molecule has 1 aliphatic heterocycles. The maximum atomic E-state index is 11.5. The van der Waals surface area contributed by atoms with E-state index in [9.17, 15) is 4.79 Å². The molecule has 0 bridgehead atoms. The van der Waals surface area contributed by atoms with Gasteiger partial charge in [-0.25, -0.2) is 4.79 Å². The highest BCUT2D eigenvalue weighted by Crippen LogP contribution is 2.29. The van der Waals surface area contributed by atoms with E-state index in [4.69, 9.17) is 18.6 Å². The van der Waals surface area contributed by atoms with Gasteiger partial charge in [0.25, 0.3) is 0 Å². The molecule has 0 N–H and O–H groups in total. The monoisotopic (exact) mass is 330 g/mol. The fraction of sp³-hybridized carbons (Fsp3) is 0.421. The lowest BCUT2D eigenvalue weighted by Gasteiger charge is -2.08. The summed E-state index contributed by atoms with van der Waals surface area (Å²) in [4.78, 5) is 11.5. The van der Waals surface area contributed by atoms with Gasteiger partial charge in [0.1, 0.15) is 17.4 Å². The van der Waals surface area contributed by atoms with Crippen molar-refractivity contribution in [2.24, 2.45) is 0 Å². The topological polar surface area (TPSA) is 61.2 Å². The highest BCUT2D eigenvalue weighted by atomic mass is 16.8. The summed E-state index contributed by atoms with van der Waals surface area (Å²) in [6.45, 7) is 7.02. The lowest BCUT2D eigenvalue weighted by Crippen LogP contribution is -2.05. The molecule has 24 heavy (non-hydrogen) atoms. The van der Waals surface area contributed by atoms with Crippen molar-refractivity contribution < 1.29 is 18.6 Å². The van der Waals surface area contributed by atoms with E-state index < -0.39 is 5.63 Å². The first kappa shape index (κ1) is 16.7. The molecule has 2 heterocycles. The van der Waals surface area contributed by atoms with Gasteiger partial charge in [0, 0.05) is 6.61 Å². The van der Waals surface area contributed by atoms with Gasteiger partial charge in [-0.1, -0.05) is 18.7 Å². The summed E-state index contributed by atoms with van der Waals surface area (Å²) in [6, 6.07) is 8.77. The average molecular weight is 330 g/mol. The number of fused-ring (bicyclic) bond motifs is 1. The fourth-order valence-corrected chi connectivity index (χ4v) is 2.54. The second-order valence-corrected chi connectivity index (χ2v) is 5.98. The zero-order valence-corrected chi connectivity index (χ0v) is 13.8. The molecular formula is C19H22O5. The standard InChI is InChI=1S/C19H22O5/c1-13(2)18-19(24-18)22-11-7-3-6-10-21-16-12-17(20)23-15-9-5-4-8-14(15)16/h4-5,8-9,12,18-19H,1,3,6-7,10-11H2,2H3. The van der Waals surface area contributed by atoms with Crippen LogP contribution in [0.15, 0.2) is 51.7 Å². The van der Waals surface area contributed by atoms with Crippen molar-refractivity contribution in [1.29, 1.82) is 0 Å². The van der Waals surface area contributed by atoms with E-state index in [0.717, 1.165) is 30.2 Å². The first-order valence-electron chi connectivity index (χ1n) is 8.23. The summed E-state index contributed by atoms with van der Waals surface area (Å²) in [6.07, 6.45) is 2.81. The number of unbranched alkanes of at least 4 members (excludes halogenated alkanes) is 2. The predicted octanol–water partition coefficient (Wildman–Crippen LogP) is 3.66. The van der Waals surface area contributed by atoms with Crippen LogP contribution in [0.3, 0.4) is 0 Å². The minimum Gasteiger partial charge on any atom is -0.493 e. The van der Waals surface area contributed by atoms with Crippen LogP contribution in [0.5, 0.6) is 5.75 Å². The van der Waals surface area contributed by atoms with Crippen LogP contribution < -0.4 is 10.4 Å². The number of para-hydroxylation sites is 1. The molecule has 1 fully saturated rings. The maximum Gasteiger partial charge on any atom is 0.339 e. The molecule has 1 aromatic carbocycles. The van der Waals surface area contributed by atoms with Crippen LogP contribution >= 0.6 is 0 Å². The van der Waals surface area contributed by atoms with Crippen molar-refractivity contribution in [2.45, 2.75) is 38.6 Å². The molecule has 3 rings (SSSR count). The van der Waals surface area contributed by atoms with Gasteiger partial charge in [-0.15, -0.1) is 0 Å². The number of benzene rings is 1. The van der Waals surface area contributed by atoms with Gasteiger partial charge in [-0.2, -0.15) is 0 Å². The lowest BCUT2D eigenvalue weighted by atomic mass is 10.2. The Kier molecular flexibility index (Phi) is 5.33. The van der Waals surface area contributed by atoms with Crippen LogP contribution in [0, 0.1) is 0 Å². The number of rotatable bonds is 9. The van der Waals surface area contributed by atoms with Crippen LogP contribution in [0.1, 0.15) is 26.2 Å². The minimum absolute atomic E-state index is 0.0754. The number of hydrogen-bond donors (Lipinski definition) is 0. The molecule has 2 atom stereocenters. The minimum atomic E-state index is -0.395. The van der Waals surface area contributed by atoms with E-state index in [2.05, 4.69) is 6.58 Å². The molecule has 0 spiro atoms. The Balaban J connectivity index is 1.37. The zero-order valence-electron chi connectivity index (χ0n) is 13.8. The fourth-order valence-electron chi connectivity index (χ4n) is 2.54. The van der Waals surface area contributed by atoms with E-state index in [1.54, 1.807) is 6.07 Å². The van der Waals surface area contributed by atoms with Crippen LogP contribution in [-0.4, -0.2) is 25.6 Å². The van der Waals surface area contributed by atoms with Crippen LogP contribution in [0.4, 0.5) is 0 Å². The Morgan fingerprint density at radius 2 is 2.00 bits per heavy atom. The van der Waals surface area contributed by atoms with Crippen LogP contribution in [0.25, 0.3) is 11.0 Å². The molecule has 128 valence electrons. The Labute approximate surface area is 140 Å². The van der Waals surface area contributed by atoms with Crippen LogP contribution in [-0.2, 0) is 9.47 Å². The Bertz CT molecular complexity index is 764. The van der Waals surface area contributed by atoms with Crippen molar-refractivity contribution in [1.82, 2.24) is 0 Å². The Hall–Kier alpha value is -2.11. The third kappa shape index (κ3) is 4.24. The molecule has 1 aromatic heterocycles. The SMILES string of the molecule is C=C(C)C1OC1OCCCCCOc1cc(=O)oc2ccccc12. The molecule has 0 amide bonds. The predicted molar refractivity (Wildman–Crippen MR) is 91.3 cm³/mol. The van der Waals surface area contributed by atoms with Crippen molar-refractivity contribution in [3.63, 3.8) is 0 Å². The molecule has 2 aromatic rings. The summed E-state index contributed by atoms with van der Waals surface area (Å²) in [5.74, 6) is 0.578. The van der Waals surface area contributed by atoms with Crippen molar-refractivity contribution in [3.8, 4) is 5.75 Å². The van der Waals surface area contributed by atoms with Crippen molar-refractivity contribution >= 4 is 11.0 Å². The third-order valence-electron chi connectivity index (χ3n) is 3.88. The van der Waals surface area contributed by atoms with E-state index in [-0.39, 0.29) is 12.4 Å². The number of ether oxygens (including phenoxy) is 3. The van der Waals surface area contributed by atoms with E-state index in [1.165, 1.54) is 6.07 Å². The quantitative estimate of drug-likeness (QED) is 0.304. The van der Waals surface area contributed by atoms with Gasteiger partial charge in [-0.3, -0.25) is 0 Å². The van der Waals surface area contributed by atoms with Gasteiger partial charge in [0.2, 0.25) is 0 Å². The molecule has 5 nitrogen and oxygen atoms in total. The normalized spacial score (nSPS) is 19.4. The highest BCUT2D eigenvalue weighted by molar-refractivity contribution is 5.82. The van der Waals surface area contributed by atoms with Gasteiger partial charge in [0.05, 0.1) is 18.1 Å². The summed E-state index contributed by atoms with van der Waals surface area (Å²) in [5.41, 5.74) is 1.16. The summed E-state index contributed by atoms with van der Waals surface area (Å²) in [7, 11) is 0. The second-order valence-electron chi connectivity index (χ2n) is 5.98. The molecule has 2 unspecified atom stereocenters. The van der Waals surface area contributed by atoms with Gasteiger partial charge in [-0.05, 0) is 43.9 Å². The van der Waals surface area contributed by atoms with Gasteiger partial charge in [0.15, 0.2) is 6.29 Å². The van der Waals surface area contributed by atoms with E-state index in [0.29, 0.717) is 24.5 Å². The van der Waals surface area contributed by atoms with Gasteiger partial charge < -0.3 is 18.6 Å². The van der Waals surface area contributed by atoms with E-state index in [1.807, 2.05) is 25.1 Å². The summed E-state index contributed by atoms with van der Waals surface area (Å²) in [5, 5.41) is 0.817. The molecule has 0 saturated carbocycles. The molecule has 5 heteroatoms. The first-order chi connectivity index (χ1) is 11.6. The molecular weight excluding hydrogens is 308 g/mol. The second kappa shape index (κ2) is 7.64. The Morgan fingerprint density at radius 3 is 2.79 bits per heavy atom. The summed E-state index contributed by atoms with van der Waals surface area (Å²) >= 11 is 0. The molecule has 0 radical (unpaired) electrons. The van der Waals surface area contributed by atoms with Crippen molar-refractivity contribution in [3.05, 3.63) is 52.9 Å². The molecule has 1 aliphatic rings. The number of epoxide rings is 1. The average Bonchev–Trinajstić information content (AvgIpc) is 3.33.